The van der Waals surface area contributed by atoms with Gasteiger partial charge in [-0.2, -0.15) is 0 Å². The summed E-state index contributed by atoms with van der Waals surface area (Å²) >= 11 is 0. The highest BCUT2D eigenvalue weighted by atomic mass is 16.2. The average Bonchev–Trinajstić information content (AvgIpc) is 2.03. The van der Waals surface area contributed by atoms with Gasteiger partial charge in [-0.3, -0.25) is 10.1 Å². The third kappa shape index (κ3) is 2.16. The summed E-state index contributed by atoms with van der Waals surface area (Å²) in [6.45, 7) is 0. The number of hydrogen-bond donors (Lipinski definition) is 3. The van der Waals surface area contributed by atoms with Gasteiger partial charge in [0.2, 0.25) is 0 Å². The van der Waals surface area contributed by atoms with Gasteiger partial charge in [0, 0.05) is 6.20 Å². The molecule has 0 spiro atoms. The minimum absolute atomic E-state index is 0.0127. The molecule has 13 heavy (non-hydrogen) atoms. The summed E-state index contributed by atoms with van der Waals surface area (Å²) in [5.41, 5.74) is 10.3. The molecule has 1 aromatic rings. The Morgan fingerprint density at radius 3 is 2.69 bits per heavy atom. The highest BCUT2D eigenvalue weighted by Crippen LogP contribution is 2.05. The van der Waals surface area contributed by atoms with E-state index in [2.05, 4.69) is 4.98 Å². The third-order valence-corrected chi connectivity index (χ3v) is 1.29. The number of anilines is 1. The number of carbonyl (C=O) groups excluding carboxylic acids is 2. The van der Waals surface area contributed by atoms with Crippen LogP contribution in [0.4, 0.5) is 10.5 Å². The van der Waals surface area contributed by atoms with E-state index in [1.165, 1.54) is 12.3 Å². The minimum atomic E-state index is -0.935. The number of nitrogen functional groups attached to an aromatic ring is 1. The highest BCUT2D eigenvalue weighted by Gasteiger charge is 2.11. The summed E-state index contributed by atoms with van der Waals surface area (Å²) in [6.07, 6.45) is 1.40. The standard InChI is InChI=1S/C7H8N4O2/c8-4-2-1-3-10-5(4)6(12)11-7(9)13/h1-3H,8H2,(H3,9,11,12,13). The first-order valence-electron chi connectivity index (χ1n) is 3.42. The number of primary amides is 1. The van der Waals surface area contributed by atoms with Crippen molar-refractivity contribution in [2.75, 3.05) is 5.73 Å². The number of urea groups is 1. The van der Waals surface area contributed by atoms with E-state index in [0.29, 0.717) is 0 Å². The van der Waals surface area contributed by atoms with Crippen LogP contribution in [0.15, 0.2) is 18.3 Å². The Hall–Kier alpha value is -2.11. The lowest BCUT2D eigenvalue weighted by molar-refractivity contribution is 0.0962. The lowest BCUT2D eigenvalue weighted by Gasteiger charge is -2.01. The zero-order valence-electron chi connectivity index (χ0n) is 6.65. The van der Waals surface area contributed by atoms with E-state index in [1.807, 2.05) is 5.32 Å². The van der Waals surface area contributed by atoms with Crippen molar-refractivity contribution in [2.24, 2.45) is 5.73 Å². The molecule has 6 nitrogen and oxygen atoms in total. The van der Waals surface area contributed by atoms with E-state index in [0.717, 1.165) is 0 Å². The lowest BCUT2D eigenvalue weighted by atomic mass is 10.3. The zero-order chi connectivity index (χ0) is 9.84. The van der Waals surface area contributed by atoms with Gasteiger partial charge in [0.1, 0.15) is 0 Å². The first kappa shape index (κ1) is 8.98. The fraction of sp³-hybridized carbons (Fsp3) is 0. The van der Waals surface area contributed by atoms with Crippen molar-refractivity contribution in [2.45, 2.75) is 0 Å². The number of nitrogens with zero attached hydrogens (tertiary/aromatic N) is 1. The average molecular weight is 180 g/mol. The Balaban J connectivity index is 2.89. The Labute approximate surface area is 73.9 Å². The van der Waals surface area contributed by atoms with Crippen LogP contribution in [0.5, 0.6) is 0 Å². The number of aromatic nitrogens is 1. The quantitative estimate of drug-likeness (QED) is 0.539. The number of carbonyl (C=O) groups is 2. The fourth-order valence-electron chi connectivity index (χ4n) is 0.779. The van der Waals surface area contributed by atoms with Crippen molar-refractivity contribution in [1.82, 2.24) is 10.3 Å². The van der Waals surface area contributed by atoms with E-state index in [1.54, 1.807) is 6.07 Å². The highest BCUT2D eigenvalue weighted by molar-refractivity contribution is 6.05. The Morgan fingerprint density at radius 2 is 2.15 bits per heavy atom. The Morgan fingerprint density at radius 1 is 1.46 bits per heavy atom. The number of nitrogens with one attached hydrogen (secondary N) is 1. The number of rotatable bonds is 1. The van der Waals surface area contributed by atoms with Crippen LogP contribution in [0, 0.1) is 0 Å². The van der Waals surface area contributed by atoms with Crippen LogP contribution in [-0.2, 0) is 0 Å². The van der Waals surface area contributed by atoms with Crippen molar-refractivity contribution < 1.29 is 9.59 Å². The number of amides is 3. The molecule has 0 aliphatic carbocycles. The van der Waals surface area contributed by atoms with Crippen LogP contribution < -0.4 is 16.8 Å². The number of pyridine rings is 1. The molecule has 0 radical (unpaired) electrons. The van der Waals surface area contributed by atoms with Crippen LogP contribution in [-0.4, -0.2) is 16.9 Å². The van der Waals surface area contributed by atoms with Crippen molar-refractivity contribution >= 4 is 17.6 Å². The molecule has 1 heterocycles. The van der Waals surface area contributed by atoms with Gasteiger partial charge in [0.05, 0.1) is 5.69 Å². The molecule has 6 heteroatoms. The summed E-state index contributed by atoms with van der Waals surface area (Å²) in [5.74, 6) is -0.703. The topological polar surface area (TPSA) is 111 Å². The maximum absolute atomic E-state index is 11.1. The molecule has 0 aliphatic rings. The molecule has 1 rings (SSSR count). The fourth-order valence-corrected chi connectivity index (χ4v) is 0.779. The maximum Gasteiger partial charge on any atom is 0.319 e. The number of hydrogen-bond acceptors (Lipinski definition) is 4. The minimum Gasteiger partial charge on any atom is -0.397 e. The second-order valence-electron chi connectivity index (χ2n) is 2.26. The molecule has 0 unspecified atom stereocenters. The van der Waals surface area contributed by atoms with Gasteiger partial charge in [0.15, 0.2) is 5.69 Å². The van der Waals surface area contributed by atoms with Gasteiger partial charge < -0.3 is 11.5 Å². The van der Waals surface area contributed by atoms with Crippen LogP contribution in [0.1, 0.15) is 10.5 Å². The predicted octanol–water partition coefficient (Wildman–Crippen LogP) is -0.528. The normalized spacial score (nSPS) is 9.23. The lowest BCUT2D eigenvalue weighted by Crippen LogP contribution is -2.35. The second-order valence-corrected chi connectivity index (χ2v) is 2.26. The second kappa shape index (κ2) is 3.53. The molecule has 0 saturated carbocycles. The van der Waals surface area contributed by atoms with Crippen molar-refractivity contribution in [3.05, 3.63) is 24.0 Å². The summed E-state index contributed by atoms with van der Waals surface area (Å²) in [6, 6.07) is 2.15. The van der Waals surface area contributed by atoms with E-state index >= 15 is 0 Å². The first-order valence-corrected chi connectivity index (χ1v) is 3.42. The van der Waals surface area contributed by atoms with Crippen LogP contribution in [0.25, 0.3) is 0 Å². The summed E-state index contributed by atoms with van der Waals surface area (Å²) < 4.78 is 0. The summed E-state index contributed by atoms with van der Waals surface area (Å²) in [7, 11) is 0. The van der Waals surface area contributed by atoms with Gasteiger partial charge in [-0.25, -0.2) is 9.78 Å². The molecule has 5 N–H and O–H groups in total. The first-order chi connectivity index (χ1) is 6.11. The van der Waals surface area contributed by atoms with Crippen molar-refractivity contribution in [3.8, 4) is 0 Å². The molecular formula is C7H8N4O2. The van der Waals surface area contributed by atoms with Gasteiger partial charge in [-0.1, -0.05) is 0 Å². The molecule has 0 fully saturated rings. The van der Waals surface area contributed by atoms with Gasteiger partial charge in [0.25, 0.3) is 5.91 Å². The van der Waals surface area contributed by atoms with E-state index in [-0.39, 0.29) is 11.4 Å². The van der Waals surface area contributed by atoms with Gasteiger partial charge in [-0.05, 0) is 12.1 Å². The largest absolute Gasteiger partial charge is 0.397 e. The van der Waals surface area contributed by atoms with Crippen molar-refractivity contribution in [1.29, 1.82) is 0 Å². The molecule has 3 amide bonds. The maximum atomic E-state index is 11.1. The molecular weight excluding hydrogens is 172 g/mol. The van der Waals surface area contributed by atoms with Gasteiger partial charge >= 0.3 is 6.03 Å². The SMILES string of the molecule is NC(=O)NC(=O)c1ncccc1N. The van der Waals surface area contributed by atoms with E-state index < -0.39 is 11.9 Å². The van der Waals surface area contributed by atoms with Gasteiger partial charge in [-0.15, -0.1) is 0 Å². The molecule has 0 saturated heterocycles. The summed E-state index contributed by atoms with van der Waals surface area (Å²) in [5, 5.41) is 1.86. The zero-order valence-corrected chi connectivity index (χ0v) is 6.65. The molecule has 0 bridgehead atoms. The van der Waals surface area contributed by atoms with Crippen LogP contribution >= 0.6 is 0 Å². The Bertz CT molecular complexity index is 350. The summed E-state index contributed by atoms with van der Waals surface area (Å²) in [4.78, 5) is 25.1. The molecule has 1 aromatic heterocycles. The number of imide groups is 1. The molecule has 0 atom stereocenters. The van der Waals surface area contributed by atoms with E-state index in [9.17, 15) is 9.59 Å². The van der Waals surface area contributed by atoms with Crippen molar-refractivity contribution in [3.63, 3.8) is 0 Å². The monoisotopic (exact) mass is 180 g/mol. The molecule has 0 aromatic carbocycles. The van der Waals surface area contributed by atoms with Crippen LogP contribution in [0.3, 0.4) is 0 Å². The van der Waals surface area contributed by atoms with E-state index in [4.69, 9.17) is 11.5 Å². The Kier molecular flexibility index (Phi) is 2.44. The molecule has 68 valence electrons. The third-order valence-electron chi connectivity index (χ3n) is 1.29. The molecule has 0 aliphatic heterocycles. The smallest absolute Gasteiger partial charge is 0.319 e. The predicted molar refractivity (Wildman–Crippen MR) is 45.7 cm³/mol. The number of nitrogens with two attached hydrogens (primary N) is 2. The van der Waals surface area contributed by atoms with Crippen LogP contribution in [0.2, 0.25) is 0 Å².